The van der Waals surface area contributed by atoms with Crippen LogP contribution < -0.4 is 4.74 Å². The topological polar surface area (TPSA) is 38.8 Å². The highest BCUT2D eigenvalue weighted by molar-refractivity contribution is 5.82. The van der Waals surface area contributed by atoms with Crippen molar-refractivity contribution in [2.75, 3.05) is 19.7 Å². The lowest BCUT2D eigenvalue weighted by atomic mass is 10.1. The summed E-state index contributed by atoms with van der Waals surface area (Å²) < 4.78 is 24.6. The third-order valence-electron chi connectivity index (χ3n) is 4.54. The summed E-state index contributed by atoms with van der Waals surface area (Å²) in [6, 6.07) is 14.0. The van der Waals surface area contributed by atoms with E-state index in [1.165, 1.54) is 12.1 Å². The van der Waals surface area contributed by atoms with Gasteiger partial charge in [0.1, 0.15) is 17.7 Å². The smallest absolute Gasteiger partial charge is 0.264 e. The molecule has 0 radical (unpaired) electrons. The number of ether oxygens (including phenoxy) is 2. The van der Waals surface area contributed by atoms with Gasteiger partial charge in [-0.2, -0.15) is 0 Å². The fourth-order valence-corrected chi connectivity index (χ4v) is 3.25. The monoisotopic (exact) mass is 327 g/mol. The Balaban J connectivity index is 1.45. The van der Waals surface area contributed by atoms with Gasteiger partial charge in [0.25, 0.3) is 5.91 Å². The Kier molecular flexibility index (Phi) is 3.94. The lowest BCUT2D eigenvalue weighted by Gasteiger charge is -2.34. The molecule has 0 aliphatic carbocycles. The van der Waals surface area contributed by atoms with Crippen LogP contribution in [0.1, 0.15) is 17.2 Å². The zero-order valence-corrected chi connectivity index (χ0v) is 13.2. The molecule has 0 N–H and O–H groups in total. The first-order valence-electron chi connectivity index (χ1n) is 8.11. The molecule has 5 heteroatoms. The summed E-state index contributed by atoms with van der Waals surface area (Å²) in [5.74, 6) is 0.500. The van der Waals surface area contributed by atoms with Gasteiger partial charge in [0.05, 0.1) is 13.2 Å². The summed E-state index contributed by atoms with van der Waals surface area (Å²) in [7, 11) is 0. The number of carbonyl (C=O) groups is 1. The SMILES string of the molecule is O=C(C1Cc2ccccc2O1)N1CCOC(c2ccc(F)cc2)C1. The van der Waals surface area contributed by atoms with Gasteiger partial charge in [-0.25, -0.2) is 4.39 Å². The molecule has 0 bridgehead atoms. The van der Waals surface area contributed by atoms with Crippen LogP contribution in [0.15, 0.2) is 48.5 Å². The van der Waals surface area contributed by atoms with Crippen molar-refractivity contribution >= 4 is 5.91 Å². The van der Waals surface area contributed by atoms with Gasteiger partial charge in [0, 0.05) is 13.0 Å². The van der Waals surface area contributed by atoms with Gasteiger partial charge in [-0.15, -0.1) is 0 Å². The quantitative estimate of drug-likeness (QED) is 0.851. The molecule has 2 heterocycles. The number of nitrogens with zero attached hydrogens (tertiary/aromatic N) is 1. The molecule has 2 atom stereocenters. The number of rotatable bonds is 2. The van der Waals surface area contributed by atoms with Gasteiger partial charge in [-0.05, 0) is 29.3 Å². The first-order valence-corrected chi connectivity index (χ1v) is 8.11. The van der Waals surface area contributed by atoms with Crippen LogP contribution in [0.3, 0.4) is 0 Å². The average molecular weight is 327 g/mol. The van der Waals surface area contributed by atoms with Crippen LogP contribution in [0, 0.1) is 5.82 Å². The van der Waals surface area contributed by atoms with Crippen LogP contribution in [-0.4, -0.2) is 36.6 Å². The predicted octanol–water partition coefficient (Wildman–Crippen LogP) is 2.73. The molecule has 0 aromatic heterocycles. The van der Waals surface area contributed by atoms with Gasteiger partial charge in [0.2, 0.25) is 0 Å². The number of para-hydroxylation sites is 1. The van der Waals surface area contributed by atoms with Gasteiger partial charge in [-0.3, -0.25) is 4.79 Å². The van der Waals surface area contributed by atoms with Crippen LogP contribution in [0.4, 0.5) is 4.39 Å². The standard InChI is InChI=1S/C19H18FNO3/c20-15-7-5-13(6-8-15)18-12-21(9-10-23-18)19(22)17-11-14-3-1-2-4-16(14)24-17/h1-8,17-18H,9-12H2. The molecule has 124 valence electrons. The number of benzene rings is 2. The molecular formula is C19H18FNO3. The normalized spacial score (nSPS) is 22.8. The Morgan fingerprint density at radius 1 is 1.12 bits per heavy atom. The van der Waals surface area contributed by atoms with Gasteiger partial charge in [0.15, 0.2) is 6.10 Å². The minimum absolute atomic E-state index is 0.0124. The molecule has 4 nitrogen and oxygen atoms in total. The van der Waals surface area contributed by atoms with Gasteiger partial charge >= 0.3 is 0 Å². The highest BCUT2D eigenvalue weighted by Gasteiger charge is 2.34. The molecule has 2 aromatic carbocycles. The molecule has 0 saturated carbocycles. The van der Waals surface area contributed by atoms with Crippen molar-refractivity contribution in [3.63, 3.8) is 0 Å². The molecule has 24 heavy (non-hydrogen) atoms. The summed E-state index contributed by atoms with van der Waals surface area (Å²) in [6.45, 7) is 1.47. The van der Waals surface area contributed by atoms with E-state index in [-0.39, 0.29) is 17.8 Å². The van der Waals surface area contributed by atoms with Crippen molar-refractivity contribution in [1.82, 2.24) is 4.90 Å². The van der Waals surface area contributed by atoms with E-state index in [1.54, 1.807) is 17.0 Å². The second kappa shape index (κ2) is 6.24. The summed E-state index contributed by atoms with van der Waals surface area (Å²) in [5.41, 5.74) is 1.95. The number of halogens is 1. The third-order valence-corrected chi connectivity index (χ3v) is 4.54. The zero-order chi connectivity index (χ0) is 16.5. The van der Waals surface area contributed by atoms with Crippen LogP contribution in [-0.2, 0) is 16.0 Å². The van der Waals surface area contributed by atoms with E-state index >= 15 is 0 Å². The van der Waals surface area contributed by atoms with Crippen molar-refractivity contribution in [3.05, 3.63) is 65.5 Å². The number of hydrogen-bond acceptors (Lipinski definition) is 3. The van der Waals surface area contributed by atoms with E-state index in [2.05, 4.69) is 0 Å². The first-order chi connectivity index (χ1) is 11.7. The molecule has 2 aromatic rings. The fourth-order valence-electron chi connectivity index (χ4n) is 3.25. The highest BCUT2D eigenvalue weighted by Crippen LogP contribution is 2.30. The van der Waals surface area contributed by atoms with Crippen LogP contribution in [0.5, 0.6) is 5.75 Å². The molecule has 2 aliphatic rings. The molecule has 1 saturated heterocycles. The number of morpholine rings is 1. The predicted molar refractivity (Wildman–Crippen MR) is 86.2 cm³/mol. The zero-order valence-electron chi connectivity index (χ0n) is 13.2. The summed E-state index contributed by atoms with van der Waals surface area (Å²) >= 11 is 0. The number of fused-ring (bicyclic) bond motifs is 1. The molecule has 4 rings (SSSR count). The maximum Gasteiger partial charge on any atom is 0.264 e. The largest absolute Gasteiger partial charge is 0.480 e. The van der Waals surface area contributed by atoms with Crippen LogP contribution in [0.2, 0.25) is 0 Å². The molecule has 2 aliphatic heterocycles. The minimum Gasteiger partial charge on any atom is -0.480 e. The van der Waals surface area contributed by atoms with E-state index in [4.69, 9.17) is 9.47 Å². The third kappa shape index (κ3) is 2.87. The Morgan fingerprint density at radius 3 is 2.71 bits per heavy atom. The van der Waals surface area contributed by atoms with E-state index in [0.717, 1.165) is 16.9 Å². The van der Waals surface area contributed by atoms with E-state index in [0.29, 0.717) is 26.1 Å². The van der Waals surface area contributed by atoms with Crippen molar-refractivity contribution in [2.24, 2.45) is 0 Å². The summed E-state index contributed by atoms with van der Waals surface area (Å²) in [6.07, 6.45) is -0.0884. The number of carbonyl (C=O) groups excluding carboxylic acids is 1. The highest BCUT2D eigenvalue weighted by atomic mass is 19.1. The lowest BCUT2D eigenvalue weighted by Crippen LogP contribution is -2.47. The maximum atomic E-state index is 13.1. The second-order valence-electron chi connectivity index (χ2n) is 6.11. The van der Waals surface area contributed by atoms with E-state index < -0.39 is 6.10 Å². The molecule has 2 unspecified atom stereocenters. The first kappa shape index (κ1) is 15.1. The molecular weight excluding hydrogens is 309 g/mol. The Bertz CT molecular complexity index is 722. The Labute approximate surface area is 139 Å². The van der Waals surface area contributed by atoms with Crippen molar-refractivity contribution in [2.45, 2.75) is 18.6 Å². The number of amides is 1. The van der Waals surface area contributed by atoms with Crippen LogP contribution in [0.25, 0.3) is 0 Å². The maximum absolute atomic E-state index is 13.1. The van der Waals surface area contributed by atoms with Crippen LogP contribution >= 0.6 is 0 Å². The van der Waals surface area contributed by atoms with Gasteiger partial charge in [-0.1, -0.05) is 30.3 Å². The van der Waals surface area contributed by atoms with Crippen molar-refractivity contribution < 1.29 is 18.7 Å². The van der Waals surface area contributed by atoms with E-state index in [9.17, 15) is 9.18 Å². The number of hydrogen-bond donors (Lipinski definition) is 0. The Hall–Kier alpha value is -2.40. The molecule has 1 amide bonds. The summed E-state index contributed by atoms with van der Waals surface area (Å²) in [4.78, 5) is 14.6. The van der Waals surface area contributed by atoms with Crippen molar-refractivity contribution in [3.8, 4) is 5.75 Å². The molecule has 0 spiro atoms. The van der Waals surface area contributed by atoms with E-state index in [1.807, 2.05) is 24.3 Å². The Morgan fingerprint density at radius 2 is 1.92 bits per heavy atom. The lowest BCUT2D eigenvalue weighted by molar-refractivity contribution is -0.145. The average Bonchev–Trinajstić information content (AvgIpc) is 3.06. The molecule has 1 fully saturated rings. The van der Waals surface area contributed by atoms with Crippen molar-refractivity contribution in [1.29, 1.82) is 0 Å². The van der Waals surface area contributed by atoms with Gasteiger partial charge < -0.3 is 14.4 Å². The second-order valence-corrected chi connectivity index (χ2v) is 6.11. The fraction of sp³-hybridized carbons (Fsp3) is 0.316. The summed E-state index contributed by atoms with van der Waals surface area (Å²) in [5, 5.41) is 0. The minimum atomic E-state index is -0.464.